The first kappa shape index (κ1) is 16.9. The predicted octanol–water partition coefficient (Wildman–Crippen LogP) is 3.07. The van der Waals surface area contributed by atoms with Crippen LogP contribution >= 0.6 is 11.3 Å². The molecule has 1 aromatic heterocycles. The van der Waals surface area contributed by atoms with Gasteiger partial charge in [0.2, 0.25) is 0 Å². The predicted molar refractivity (Wildman–Crippen MR) is 94.2 cm³/mol. The summed E-state index contributed by atoms with van der Waals surface area (Å²) in [7, 11) is 0. The maximum absolute atomic E-state index is 12.4. The van der Waals surface area contributed by atoms with E-state index >= 15 is 0 Å². The van der Waals surface area contributed by atoms with Gasteiger partial charge >= 0.3 is 0 Å². The number of carbonyl (C=O) groups excluding carboxylic acids is 1. The lowest BCUT2D eigenvalue weighted by atomic mass is 9.79. The molecule has 4 nitrogen and oxygen atoms in total. The number of nitrogens with one attached hydrogen (secondary N) is 1. The van der Waals surface area contributed by atoms with Crippen molar-refractivity contribution < 1.29 is 9.53 Å². The third-order valence-electron chi connectivity index (χ3n) is 5.15. The smallest absolute Gasteiger partial charge is 0.261 e. The number of nitrogens with zero attached hydrogens (tertiary/aromatic N) is 1. The SMILES string of the molecule is Cc1ccc(C(=O)NCC2(CN3CCCCC3)CCOCC2)s1. The second-order valence-electron chi connectivity index (χ2n) is 7.04. The number of hydrogen-bond acceptors (Lipinski definition) is 4. The molecular formula is C18H28N2O2S. The van der Waals surface area contributed by atoms with Crippen LogP contribution < -0.4 is 5.32 Å². The van der Waals surface area contributed by atoms with Gasteiger partial charge < -0.3 is 15.0 Å². The summed E-state index contributed by atoms with van der Waals surface area (Å²) < 4.78 is 5.58. The monoisotopic (exact) mass is 336 g/mol. The average molecular weight is 337 g/mol. The number of thiophene rings is 1. The van der Waals surface area contributed by atoms with Crippen molar-refractivity contribution >= 4 is 17.2 Å². The van der Waals surface area contributed by atoms with Gasteiger partial charge in [0, 0.05) is 36.6 Å². The Morgan fingerprint density at radius 2 is 2.00 bits per heavy atom. The molecule has 0 radical (unpaired) electrons. The first-order valence-electron chi connectivity index (χ1n) is 8.82. The fourth-order valence-corrected chi connectivity index (χ4v) is 4.48. The lowest BCUT2D eigenvalue weighted by Crippen LogP contribution is -2.49. The van der Waals surface area contributed by atoms with E-state index in [2.05, 4.69) is 10.2 Å². The molecular weight excluding hydrogens is 308 g/mol. The van der Waals surface area contributed by atoms with Crippen LogP contribution in [0.4, 0.5) is 0 Å². The van der Waals surface area contributed by atoms with Crippen LogP contribution in [0.3, 0.4) is 0 Å². The van der Waals surface area contributed by atoms with E-state index in [1.54, 1.807) is 11.3 Å². The zero-order valence-electron chi connectivity index (χ0n) is 14.1. The first-order valence-corrected chi connectivity index (χ1v) is 9.63. The van der Waals surface area contributed by atoms with Crippen molar-refractivity contribution in [3.05, 3.63) is 21.9 Å². The molecule has 2 aliphatic heterocycles. The van der Waals surface area contributed by atoms with E-state index in [4.69, 9.17) is 4.74 Å². The normalized spacial score (nSPS) is 22.0. The van der Waals surface area contributed by atoms with E-state index in [0.717, 1.165) is 44.0 Å². The van der Waals surface area contributed by atoms with Crippen molar-refractivity contribution in [1.82, 2.24) is 10.2 Å². The van der Waals surface area contributed by atoms with E-state index in [1.165, 1.54) is 37.2 Å². The van der Waals surface area contributed by atoms with Crippen LogP contribution in [0.15, 0.2) is 12.1 Å². The van der Waals surface area contributed by atoms with Gasteiger partial charge in [0.05, 0.1) is 4.88 Å². The average Bonchev–Trinajstić information content (AvgIpc) is 3.01. The number of likely N-dealkylation sites (tertiary alicyclic amines) is 1. The first-order chi connectivity index (χ1) is 11.2. The number of hydrogen-bond donors (Lipinski definition) is 1. The van der Waals surface area contributed by atoms with E-state index in [9.17, 15) is 4.79 Å². The van der Waals surface area contributed by atoms with E-state index < -0.39 is 0 Å². The molecule has 23 heavy (non-hydrogen) atoms. The third kappa shape index (κ3) is 4.55. The Hall–Kier alpha value is -0.910. The quantitative estimate of drug-likeness (QED) is 0.898. The molecule has 2 saturated heterocycles. The molecule has 0 aromatic carbocycles. The molecule has 1 amide bonds. The minimum atomic E-state index is 0.0765. The largest absolute Gasteiger partial charge is 0.381 e. The van der Waals surface area contributed by atoms with Crippen molar-refractivity contribution in [2.45, 2.75) is 39.0 Å². The fraction of sp³-hybridized carbons (Fsp3) is 0.722. The Bertz CT molecular complexity index is 517. The second kappa shape index (κ2) is 7.77. The maximum atomic E-state index is 12.4. The van der Waals surface area contributed by atoms with E-state index in [-0.39, 0.29) is 11.3 Å². The zero-order chi connectivity index (χ0) is 16.1. The molecule has 3 rings (SSSR count). The van der Waals surface area contributed by atoms with Gasteiger partial charge in [0.1, 0.15) is 0 Å². The van der Waals surface area contributed by atoms with Crippen molar-refractivity contribution in [3.8, 4) is 0 Å². The van der Waals surface area contributed by atoms with Crippen LogP contribution in [-0.4, -0.2) is 50.2 Å². The van der Waals surface area contributed by atoms with Crippen molar-refractivity contribution in [2.75, 3.05) is 39.4 Å². The highest BCUT2D eigenvalue weighted by atomic mass is 32.1. The molecule has 2 fully saturated rings. The minimum Gasteiger partial charge on any atom is -0.381 e. The van der Waals surface area contributed by atoms with Crippen molar-refractivity contribution in [1.29, 1.82) is 0 Å². The number of aryl methyl sites for hydroxylation is 1. The highest BCUT2D eigenvalue weighted by molar-refractivity contribution is 7.13. The zero-order valence-corrected chi connectivity index (χ0v) is 14.9. The number of carbonyl (C=O) groups is 1. The highest BCUT2D eigenvalue weighted by Gasteiger charge is 2.35. The molecule has 0 atom stereocenters. The van der Waals surface area contributed by atoms with Crippen LogP contribution in [0.25, 0.3) is 0 Å². The standard InChI is InChI=1S/C18H28N2O2S/c1-15-5-6-16(23-15)17(21)19-13-18(7-11-22-12-8-18)14-20-9-3-2-4-10-20/h5-6H,2-4,7-14H2,1H3,(H,19,21). The van der Waals surface area contributed by atoms with Gasteiger partial charge in [-0.25, -0.2) is 0 Å². The van der Waals surface area contributed by atoms with E-state index in [0.29, 0.717) is 0 Å². The molecule has 0 aliphatic carbocycles. The number of ether oxygens (including phenoxy) is 1. The summed E-state index contributed by atoms with van der Waals surface area (Å²) in [5.41, 5.74) is 0.178. The van der Waals surface area contributed by atoms with E-state index in [1.807, 2.05) is 19.1 Å². The molecule has 1 N–H and O–H groups in total. The number of piperidine rings is 1. The minimum absolute atomic E-state index is 0.0765. The Labute approximate surface area is 143 Å². The molecule has 128 valence electrons. The molecule has 0 unspecified atom stereocenters. The van der Waals surface area contributed by atoms with Gasteiger partial charge in [0.15, 0.2) is 0 Å². The summed E-state index contributed by atoms with van der Waals surface area (Å²) in [6, 6.07) is 3.94. The molecule has 0 spiro atoms. The van der Waals surface area contributed by atoms with Crippen LogP contribution in [0, 0.1) is 12.3 Å². The topological polar surface area (TPSA) is 41.6 Å². The summed E-state index contributed by atoms with van der Waals surface area (Å²) in [5.74, 6) is 0.0765. The van der Waals surface area contributed by atoms with Gasteiger partial charge in [-0.1, -0.05) is 6.42 Å². The summed E-state index contributed by atoms with van der Waals surface area (Å²) in [6.07, 6.45) is 6.09. The van der Waals surface area contributed by atoms with Gasteiger partial charge in [-0.2, -0.15) is 0 Å². The van der Waals surface area contributed by atoms with Gasteiger partial charge in [-0.3, -0.25) is 4.79 Å². The molecule has 2 aliphatic rings. The summed E-state index contributed by atoms with van der Waals surface area (Å²) >= 11 is 1.57. The number of amides is 1. The highest BCUT2D eigenvalue weighted by Crippen LogP contribution is 2.32. The molecule has 5 heteroatoms. The van der Waals surface area contributed by atoms with Gasteiger partial charge in [-0.05, 0) is 57.8 Å². The van der Waals surface area contributed by atoms with Crippen molar-refractivity contribution in [3.63, 3.8) is 0 Å². The van der Waals surface area contributed by atoms with Crippen LogP contribution in [0.5, 0.6) is 0 Å². The van der Waals surface area contributed by atoms with Crippen LogP contribution in [-0.2, 0) is 4.74 Å². The Kier molecular flexibility index (Phi) is 5.72. The molecule has 3 heterocycles. The Morgan fingerprint density at radius 1 is 1.26 bits per heavy atom. The van der Waals surface area contributed by atoms with Gasteiger partial charge in [-0.15, -0.1) is 11.3 Å². The Morgan fingerprint density at radius 3 is 2.65 bits per heavy atom. The van der Waals surface area contributed by atoms with Crippen LogP contribution in [0.1, 0.15) is 46.7 Å². The summed E-state index contributed by atoms with van der Waals surface area (Å²) in [5, 5.41) is 3.20. The molecule has 0 saturated carbocycles. The molecule has 1 aromatic rings. The van der Waals surface area contributed by atoms with Crippen molar-refractivity contribution in [2.24, 2.45) is 5.41 Å². The third-order valence-corrected chi connectivity index (χ3v) is 6.15. The Balaban J connectivity index is 1.60. The second-order valence-corrected chi connectivity index (χ2v) is 8.33. The number of rotatable bonds is 5. The van der Waals surface area contributed by atoms with Gasteiger partial charge in [0.25, 0.3) is 5.91 Å². The summed E-state index contributed by atoms with van der Waals surface area (Å²) in [4.78, 5) is 17.0. The maximum Gasteiger partial charge on any atom is 0.261 e. The molecule has 0 bridgehead atoms. The fourth-order valence-electron chi connectivity index (χ4n) is 3.70. The van der Waals surface area contributed by atoms with Crippen LogP contribution in [0.2, 0.25) is 0 Å². The summed E-state index contributed by atoms with van der Waals surface area (Å²) in [6.45, 7) is 7.96. The lowest BCUT2D eigenvalue weighted by Gasteiger charge is -2.42. The lowest BCUT2D eigenvalue weighted by molar-refractivity contribution is -0.00669.